The van der Waals surface area contributed by atoms with Gasteiger partial charge in [0, 0.05) is 26.1 Å². The lowest BCUT2D eigenvalue weighted by atomic mass is 9.98. The predicted octanol–water partition coefficient (Wildman–Crippen LogP) is 2.15. The molecule has 1 aliphatic rings. The van der Waals surface area contributed by atoms with Gasteiger partial charge in [0.15, 0.2) is 0 Å². The number of likely N-dealkylation sites (N-methyl/N-ethyl adjacent to an activating group) is 1. The van der Waals surface area contributed by atoms with Gasteiger partial charge in [-0.3, -0.25) is 4.79 Å². The van der Waals surface area contributed by atoms with Gasteiger partial charge in [-0.1, -0.05) is 48.5 Å². The van der Waals surface area contributed by atoms with Crippen LogP contribution in [-0.2, 0) is 38.0 Å². The Balaban J connectivity index is 1.12. The highest BCUT2D eigenvalue weighted by molar-refractivity contribution is 5.79. The predicted molar refractivity (Wildman–Crippen MR) is 152 cm³/mol. The Bertz CT molecular complexity index is 1080. The first-order valence-corrected chi connectivity index (χ1v) is 13.9. The average Bonchev–Trinajstić information content (AvgIpc) is 3.31. The summed E-state index contributed by atoms with van der Waals surface area (Å²) in [5.41, 5.74) is 4.74. The number of hydrogen-bond acceptors (Lipinski definition) is 9. The normalized spacial score (nSPS) is 12.0. The molecule has 2 N–H and O–H groups in total. The highest BCUT2D eigenvalue weighted by Gasteiger charge is 2.29. The Labute approximate surface area is 245 Å². The summed E-state index contributed by atoms with van der Waals surface area (Å²) >= 11 is 0. The van der Waals surface area contributed by atoms with Gasteiger partial charge in [0.1, 0.15) is 19.8 Å². The molecule has 0 unspecified atom stereocenters. The van der Waals surface area contributed by atoms with Crippen LogP contribution in [0, 0.1) is 0 Å². The number of benzene rings is 2. The standard InChI is InChI=1S/C30H40N2O10/c1-32(30(36)42-20-27-25-8-4-2-6-23(25)24-7-3-5-9-26(24)27)11-13-38-15-17-40-19-18-39-16-14-37-12-10-31-28(33)21-41-22-29(34)35/h2-9,27H,10-22H2,1H3,(H,31,33)(H,34,35). The van der Waals surface area contributed by atoms with Crippen molar-refractivity contribution in [3.05, 3.63) is 59.7 Å². The minimum atomic E-state index is -1.13. The molecule has 0 bridgehead atoms. The highest BCUT2D eigenvalue weighted by Crippen LogP contribution is 2.44. The second-order valence-electron chi connectivity index (χ2n) is 9.41. The maximum absolute atomic E-state index is 12.5. The number of nitrogens with zero attached hydrogens (tertiary/aromatic N) is 1. The molecule has 2 aromatic carbocycles. The number of ether oxygens (including phenoxy) is 6. The molecule has 0 spiro atoms. The number of carboxylic acids is 1. The minimum absolute atomic E-state index is 0.0268. The molecular formula is C30H40N2O10. The van der Waals surface area contributed by atoms with E-state index in [1.165, 1.54) is 27.2 Å². The monoisotopic (exact) mass is 588 g/mol. The van der Waals surface area contributed by atoms with Gasteiger partial charge in [-0.15, -0.1) is 0 Å². The van der Waals surface area contributed by atoms with E-state index in [9.17, 15) is 14.4 Å². The van der Waals surface area contributed by atoms with Crippen molar-refractivity contribution >= 4 is 18.0 Å². The second-order valence-corrected chi connectivity index (χ2v) is 9.41. The van der Waals surface area contributed by atoms with Gasteiger partial charge in [0.05, 0.1) is 52.9 Å². The van der Waals surface area contributed by atoms with E-state index in [0.29, 0.717) is 65.9 Å². The van der Waals surface area contributed by atoms with E-state index in [1.54, 1.807) is 7.05 Å². The summed E-state index contributed by atoms with van der Waals surface area (Å²) in [7, 11) is 1.69. The number of rotatable bonds is 21. The lowest BCUT2D eigenvalue weighted by molar-refractivity contribution is -0.143. The van der Waals surface area contributed by atoms with E-state index in [0.717, 1.165) is 0 Å². The third kappa shape index (κ3) is 11.4. The van der Waals surface area contributed by atoms with Crippen molar-refractivity contribution < 1.29 is 47.9 Å². The fraction of sp³-hybridized carbons (Fsp3) is 0.500. The Hall–Kier alpha value is -3.55. The molecule has 0 saturated heterocycles. The second kappa shape index (κ2) is 18.8. The van der Waals surface area contributed by atoms with Crippen molar-refractivity contribution in [3.8, 4) is 11.1 Å². The SMILES string of the molecule is CN(CCOCCOCCOCCOCCNC(=O)COCC(=O)O)C(=O)OCC1c2ccccc2-c2ccccc21. The fourth-order valence-corrected chi connectivity index (χ4v) is 4.30. The number of carbonyl (C=O) groups is 3. The molecule has 2 amide bonds. The molecule has 2 aromatic rings. The number of carboxylic acid groups (broad SMARTS) is 1. The average molecular weight is 589 g/mol. The number of fused-ring (bicyclic) bond motifs is 3. The van der Waals surface area contributed by atoms with Crippen LogP contribution < -0.4 is 5.32 Å². The maximum Gasteiger partial charge on any atom is 0.409 e. The molecule has 0 atom stereocenters. The molecule has 0 fully saturated rings. The summed E-state index contributed by atoms with van der Waals surface area (Å²) in [4.78, 5) is 35.7. The quantitative estimate of drug-likeness (QED) is 0.208. The zero-order valence-electron chi connectivity index (χ0n) is 24.0. The van der Waals surface area contributed by atoms with Gasteiger partial charge < -0.3 is 43.7 Å². The minimum Gasteiger partial charge on any atom is -0.480 e. The summed E-state index contributed by atoms with van der Waals surface area (Å²) in [6.07, 6.45) is -0.384. The van der Waals surface area contributed by atoms with Crippen molar-refractivity contribution in [3.63, 3.8) is 0 Å². The molecular weight excluding hydrogens is 548 g/mol. The number of carbonyl (C=O) groups excluding carboxylic acids is 2. The third-order valence-corrected chi connectivity index (χ3v) is 6.36. The first kappa shape index (κ1) is 33.0. The molecule has 0 heterocycles. The molecule has 0 saturated carbocycles. The largest absolute Gasteiger partial charge is 0.480 e. The number of hydrogen-bond donors (Lipinski definition) is 2. The van der Waals surface area contributed by atoms with E-state index in [2.05, 4.69) is 34.3 Å². The zero-order valence-corrected chi connectivity index (χ0v) is 24.0. The molecule has 0 aliphatic heterocycles. The molecule has 0 radical (unpaired) electrons. The van der Waals surface area contributed by atoms with Gasteiger partial charge in [0.25, 0.3) is 0 Å². The van der Waals surface area contributed by atoms with Gasteiger partial charge in [-0.25, -0.2) is 9.59 Å². The molecule has 0 aromatic heterocycles. The maximum atomic E-state index is 12.5. The van der Waals surface area contributed by atoms with Crippen LogP contribution >= 0.6 is 0 Å². The Morgan fingerprint density at radius 2 is 1.26 bits per heavy atom. The Kier molecular flexibility index (Phi) is 14.7. The molecule has 230 valence electrons. The zero-order chi connectivity index (χ0) is 30.0. The van der Waals surface area contributed by atoms with Crippen LogP contribution in [0.1, 0.15) is 17.0 Å². The molecule has 1 aliphatic carbocycles. The third-order valence-electron chi connectivity index (χ3n) is 6.36. The lowest BCUT2D eigenvalue weighted by Crippen LogP contribution is -2.32. The topological polar surface area (TPSA) is 142 Å². The Morgan fingerprint density at radius 1 is 0.738 bits per heavy atom. The van der Waals surface area contributed by atoms with Crippen LogP contribution in [0.25, 0.3) is 11.1 Å². The van der Waals surface area contributed by atoms with Crippen LogP contribution in [0.3, 0.4) is 0 Å². The van der Waals surface area contributed by atoms with Crippen LogP contribution in [0.15, 0.2) is 48.5 Å². The highest BCUT2D eigenvalue weighted by atomic mass is 16.6. The van der Waals surface area contributed by atoms with Crippen molar-refractivity contribution in [2.24, 2.45) is 0 Å². The lowest BCUT2D eigenvalue weighted by Gasteiger charge is -2.19. The van der Waals surface area contributed by atoms with Gasteiger partial charge >= 0.3 is 12.1 Å². The van der Waals surface area contributed by atoms with Crippen LogP contribution in [0.4, 0.5) is 4.79 Å². The van der Waals surface area contributed by atoms with E-state index in [4.69, 9.17) is 28.8 Å². The number of nitrogens with one attached hydrogen (secondary N) is 1. The van der Waals surface area contributed by atoms with E-state index < -0.39 is 18.5 Å². The fourth-order valence-electron chi connectivity index (χ4n) is 4.30. The molecule has 12 nitrogen and oxygen atoms in total. The molecule has 42 heavy (non-hydrogen) atoms. The van der Waals surface area contributed by atoms with Crippen molar-refractivity contribution in [1.82, 2.24) is 10.2 Å². The smallest absolute Gasteiger partial charge is 0.409 e. The van der Waals surface area contributed by atoms with Crippen molar-refractivity contribution in [2.45, 2.75) is 5.92 Å². The summed E-state index contributed by atoms with van der Waals surface area (Å²) < 4.78 is 32.1. The summed E-state index contributed by atoms with van der Waals surface area (Å²) in [6, 6.07) is 16.5. The summed E-state index contributed by atoms with van der Waals surface area (Å²) in [6.45, 7) is 3.21. The van der Waals surface area contributed by atoms with E-state index in [1.807, 2.05) is 24.3 Å². The van der Waals surface area contributed by atoms with E-state index in [-0.39, 0.29) is 25.2 Å². The summed E-state index contributed by atoms with van der Waals surface area (Å²) in [5.74, 6) is -1.50. The van der Waals surface area contributed by atoms with Gasteiger partial charge in [0.2, 0.25) is 5.91 Å². The van der Waals surface area contributed by atoms with Crippen LogP contribution in [0.5, 0.6) is 0 Å². The number of amides is 2. The first-order chi connectivity index (χ1) is 20.5. The van der Waals surface area contributed by atoms with Crippen LogP contribution in [-0.4, -0.2) is 121 Å². The van der Waals surface area contributed by atoms with Crippen molar-refractivity contribution in [2.75, 3.05) is 92.8 Å². The van der Waals surface area contributed by atoms with Crippen LogP contribution in [0.2, 0.25) is 0 Å². The van der Waals surface area contributed by atoms with Crippen molar-refractivity contribution in [1.29, 1.82) is 0 Å². The molecule has 12 heteroatoms. The van der Waals surface area contributed by atoms with Gasteiger partial charge in [-0.05, 0) is 22.3 Å². The molecule has 3 rings (SSSR count). The number of aliphatic carboxylic acids is 1. The first-order valence-electron chi connectivity index (χ1n) is 13.9. The summed E-state index contributed by atoms with van der Waals surface area (Å²) in [5, 5.41) is 11.0. The Morgan fingerprint density at radius 3 is 1.83 bits per heavy atom. The van der Waals surface area contributed by atoms with Gasteiger partial charge in [-0.2, -0.15) is 0 Å². The van der Waals surface area contributed by atoms with E-state index >= 15 is 0 Å².